The van der Waals surface area contributed by atoms with Crippen molar-refractivity contribution in [1.29, 1.82) is 0 Å². The van der Waals surface area contributed by atoms with Gasteiger partial charge in [0, 0.05) is 25.0 Å². The maximum atomic E-state index is 12.0. The molecule has 0 atom stereocenters. The Hall–Kier alpha value is -1.43. The normalized spacial score (nSPS) is 17.7. The Morgan fingerprint density at radius 2 is 1.89 bits per heavy atom. The molecule has 0 aromatic heterocycles. The molecule has 0 radical (unpaired) electrons. The van der Waals surface area contributed by atoms with Crippen molar-refractivity contribution >= 4 is 5.69 Å². The molecule has 100 valence electrons. The lowest BCUT2D eigenvalue weighted by atomic mass is 9.90. The number of halogens is 3. The second-order valence-corrected chi connectivity index (χ2v) is 4.23. The van der Waals surface area contributed by atoms with Crippen LogP contribution in [0.3, 0.4) is 0 Å². The van der Waals surface area contributed by atoms with Gasteiger partial charge in [-0.25, -0.2) is 0 Å². The fraction of sp³-hybridized carbons (Fsp3) is 0.500. The number of hydrogen-bond donors (Lipinski definition) is 1. The fourth-order valence-corrected chi connectivity index (χ4v) is 2.13. The van der Waals surface area contributed by atoms with E-state index in [-0.39, 0.29) is 11.7 Å². The van der Waals surface area contributed by atoms with Crippen LogP contribution in [0, 0.1) is 0 Å². The second-order valence-electron chi connectivity index (χ2n) is 4.23. The maximum absolute atomic E-state index is 12.0. The third kappa shape index (κ3) is 3.29. The van der Waals surface area contributed by atoms with E-state index in [1.54, 1.807) is 6.07 Å². The third-order valence-electron chi connectivity index (χ3n) is 2.95. The molecule has 2 N–H and O–H groups in total. The largest absolute Gasteiger partial charge is 0.573 e. The van der Waals surface area contributed by atoms with Gasteiger partial charge in [0.05, 0.1) is 0 Å². The van der Waals surface area contributed by atoms with Crippen LogP contribution in [0.4, 0.5) is 18.9 Å². The van der Waals surface area contributed by atoms with Gasteiger partial charge in [-0.15, -0.1) is 13.2 Å². The average molecular weight is 261 g/mol. The van der Waals surface area contributed by atoms with E-state index in [9.17, 15) is 13.2 Å². The minimum atomic E-state index is -4.69. The van der Waals surface area contributed by atoms with Gasteiger partial charge in [-0.1, -0.05) is 6.07 Å². The standard InChI is InChI=1S/C12H14F3NO2/c13-12(14,15)18-9-1-2-10(11(16)7-9)8-3-5-17-6-4-8/h1-2,7-8H,3-6,16H2. The molecule has 0 unspecified atom stereocenters. The first-order valence-corrected chi connectivity index (χ1v) is 5.68. The Bertz CT molecular complexity index is 414. The summed E-state index contributed by atoms with van der Waals surface area (Å²) >= 11 is 0. The molecule has 6 heteroatoms. The van der Waals surface area contributed by atoms with Gasteiger partial charge in [0.2, 0.25) is 0 Å². The highest BCUT2D eigenvalue weighted by Crippen LogP contribution is 2.34. The predicted octanol–water partition coefficient (Wildman–Crippen LogP) is 3.06. The van der Waals surface area contributed by atoms with Gasteiger partial charge in [-0.2, -0.15) is 0 Å². The van der Waals surface area contributed by atoms with E-state index in [0.717, 1.165) is 18.4 Å². The lowest BCUT2D eigenvalue weighted by molar-refractivity contribution is -0.274. The lowest BCUT2D eigenvalue weighted by Crippen LogP contribution is -2.18. The van der Waals surface area contributed by atoms with Gasteiger partial charge in [-0.3, -0.25) is 0 Å². The molecule has 0 saturated carbocycles. The van der Waals surface area contributed by atoms with Crippen LogP contribution in [0.2, 0.25) is 0 Å². The molecular weight excluding hydrogens is 247 g/mol. The van der Waals surface area contributed by atoms with Crippen molar-refractivity contribution in [2.45, 2.75) is 25.1 Å². The number of rotatable bonds is 2. The van der Waals surface area contributed by atoms with Crippen LogP contribution in [0.5, 0.6) is 5.75 Å². The Kier molecular flexibility index (Phi) is 3.65. The first kappa shape index (κ1) is 13.0. The first-order valence-electron chi connectivity index (χ1n) is 5.68. The summed E-state index contributed by atoms with van der Waals surface area (Å²) < 4.78 is 45.2. The zero-order chi connectivity index (χ0) is 13.2. The molecule has 3 nitrogen and oxygen atoms in total. The molecule has 1 aromatic rings. The zero-order valence-corrected chi connectivity index (χ0v) is 9.67. The maximum Gasteiger partial charge on any atom is 0.573 e. The van der Waals surface area contributed by atoms with E-state index >= 15 is 0 Å². The van der Waals surface area contributed by atoms with Crippen LogP contribution in [0.25, 0.3) is 0 Å². The fourth-order valence-electron chi connectivity index (χ4n) is 2.13. The number of alkyl halides is 3. The zero-order valence-electron chi connectivity index (χ0n) is 9.67. The van der Waals surface area contributed by atoms with Gasteiger partial charge >= 0.3 is 6.36 Å². The third-order valence-corrected chi connectivity index (χ3v) is 2.95. The Labute approximate surface area is 103 Å². The van der Waals surface area contributed by atoms with Crippen molar-refractivity contribution in [2.75, 3.05) is 18.9 Å². The van der Waals surface area contributed by atoms with Gasteiger partial charge in [-0.05, 0) is 30.4 Å². The number of hydrogen-bond acceptors (Lipinski definition) is 3. The Morgan fingerprint density at radius 1 is 1.22 bits per heavy atom. The average Bonchev–Trinajstić information content (AvgIpc) is 2.28. The van der Waals surface area contributed by atoms with E-state index in [4.69, 9.17) is 10.5 Å². The van der Waals surface area contributed by atoms with E-state index in [1.165, 1.54) is 12.1 Å². The van der Waals surface area contributed by atoms with Crippen molar-refractivity contribution in [3.05, 3.63) is 23.8 Å². The van der Waals surface area contributed by atoms with Crippen molar-refractivity contribution < 1.29 is 22.6 Å². The SMILES string of the molecule is Nc1cc(OC(F)(F)F)ccc1C1CCOCC1. The smallest absolute Gasteiger partial charge is 0.406 e. The molecule has 1 aliphatic rings. The van der Waals surface area contributed by atoms with E-state index < -0.39 is 6.36 Å². The summed E-state index contributed by atoms with van der Waals surface area (Å²) in [5, 5.41) is 0. The minimum Gasteiger partial charge on any atom is -0.406 e. The molecule has 1 fully saturated rings. The summed E-state index contributed by atoms with van der Waals surface area (Å²) in [6.07, 6.45) is -3.01. The highest BCUT2D eigenvalue weighted by atomic mass is 19.4. The number of nitrogen functional groups attached to an aromatic ring is 1. The molecule has 0 aliphatic carbocycles. The highest BCUT2D eigenvalue weighted by Gasteiger charge is 2.31. The van der Waals surface area contributed by atoms with Gasteiger partial charge in [0.15, 0.2) is 0 Å². The summed E-state index contributed by atoms with van der Waals surface area (Å²) in [5.74, 6) is -0.0329. The van der Waals surface area contributed by atoms with Crippen LogP contribution in [0.1, 0.15) is 24.3 Å². The lowest BCUT2D eigenvalue weighted by Gasteiger charge is -2.24. The van der Waals surface area contributed by atoms with Crippen LogP contribution < -0.4 is 10.5 Å². The summed E-state index contributed by atoms with van der Waals surface area (Å²) in [4.78, 5) is 0. The van der Waals surface area contributed by atoms with Crippen LogP contribution in [-0.4, -0.2) is 19.6 Å². The first-order chi connectivity index (χ1) is 8.46. The van der Waals surface area contributed by atoms with Gasteiger partial charge in [0.25, 0.3) is 0 Å². The van der Waals surface area contributed by atoms with Crippen molar-refractivity contribution in [1.82, 2.24) is 0 Å². The molecule has 1 saturated heterocycles. The highest BCUT2D eigenvalue weighted by molar-refractivity contribution is 5.53. The Morgan fingerprint density at radius 3 is 2.44 bits per heavy atom. The monoisotopic (exact) mass is 261 g/mol. The minimum absolute atomic E-state index is 0.249. The van der Waals surface area contributed by atoms with Gasteiger partial charge < -0.3 is 15.2 Å². The topological polar surface area (TPSA) is 44.5 Å². The molecule has 0 bridgehead atoms. The quantitative estimate of drug-likeness (QED) is 0.832. The van der Waals surface area contributed by atoms with E-state index in [1.807, 2.05) is 0 Å². The van der Waals surface area contributed by atoms with Crippen molar-refractivity contribution in [3.63, 3.8) is 0 Å². The van der Waals surface area contributed by atoms with Crippen molar-refractivity contribution in [2.24, 2.45) is 0 Å². The predicted molar refractivity (Wildman–Crippen MR) is 60.3 cm³/mol. The van der Waals surface area contributed by atoms with Crippen LogP contribution in [-0.2, 0) is 4.74 Å². The van der Waals surface area contributed by atoms with E-state index in [2.05, 4.69) is 4.74 Å². The van der Waals surface area contributed by atoms with Crippen LogP contribution in [0.15, 0.2) is 18.2 Å². The Balaban J connectivity index is 2.14. The summed E-state index contributed by atoms with van der Waals surface area (Å²) in [6, 6.07) is 4.12. The van der Waals surface area contributed by atoms with Gasteiger partial charge in [0.1, 0.15) is 5.75 Å². The molecule has 2 rings (SSSR count). The second kappa shape index (κ2) is 5.06. The number of ether oxygens (including phenoxy) is 2. The molecule has 0 spiro atoms. The molecule has 1 aromatic carbocycles. The number of nitrogens with two attached hydrogens (primary N) is 1. The molecule has 1 aliphatic heterocycles. The number of anilines is 1. The van der Waals surface area contributed by atoms with Crippen molar-refractivity contribution in [3.8, 4) is 5.75 Å². The molecule has 0 amide bonds. The van der Waals surface area contributed by atoms with Crippen LogP contribution >= 0.6 is 0 Å². The molecular formula is C12H14F3NO2. The summed E-state index contributed by atoms with van der Waals surface area (Å²) in [7, 11) is 0. The summed E-state index contributed by atoms with van der Waals surface area (Å²) in [6.45, 7) is 1.32. The van der Waals surface area contributed by atoms with E-state index in [0.29, 0.717) is 18.9 Å². The summed E-state index contributed by atoms with van der Waals surface area (Å²) in [5.41, 5.74) is 6.99. The number of benzene rings is 1. The molecule has 18 heavy (non-hydrogen) atoms. The molecule has 1 heterocycles.